The molecule has 146 valence electrons. The summed E-state index contributed by atoms with van der Waals surface area (Å²) < 4.78 is 11.3. The Morgan fingerprint density at radius 1 is 1.11 bits per heavy atom. The van der Waals surface area contributed by atoms with Gasteiger partial charge in [-0.1, -0.05) is 31.0 Å². The zero-order chi connectivity index (χ0) is 19.5. The molecule has 2 aromatic carbocycles. The van der Waals surface area contributed by atoms with Gasteiger partial charge >= 0.3 is 6.03 Å². The lowest BCUT2D eigenvalue weighted by Crippen LogP contribution is -2.45. The number of urea groups is 1. The Hall–Kier alpha value is -3.22. The molecule has 1 heterocycles. The molecular formula is C21H23N3O4. The number of imide groups is 1. The number of carbonyl (C=O) groups is 2. The molecule has 3 amide bonds. The number of fused-ring (bicyclic) bond motifs is 3. The van der Waals surface area contributed by atoms with Crippen LogP contribution in [0.15, 0.2) is 40.8 Å². The second-order valence-corrected chi connectivity index (χ2v) is 7.00. The molecule has 3 aromatic rings. The monoisotopic (exact) mass is 381 g/mol. The van der Waals surface area contributed by atoms with Crippen LogP contribution in [0.3, 0.4) is 0 Å². The van der Waals surface area contributed by atoms with Crippen LogP contribution in [-0.2, 0) is 4.79 Å². The zero-order valence-electron chi connectivity index (χ0n) is 15.7. The number of benzene rings is 2. The third kappa shape index (κ3) is 3.74. The molecule has 0 saturated heterocycles. The van der Waals surface area contributed by atoms with Crippen LogP contribution in [0.4, 0.5) is 10.5 Å². The number of hydrogen-bond acceptors (Lipinski definition) is 5. The van der Waals surface area contributed by atoms with E-state index in [1.54, 1.807) is 13.2 Å². The molecule has 28 heavy (non-hydrogen) atoms. The van der Waals surface area contributed by atoms with Crippen molar-refractivity contribution in [3.05, 3.63) is 36.4 Å². The van der Waals surface area contributed by atoms with Crippen molar-refractivity contribution in [3.8, 4) is 5.75 Å². The van der Waals surface area contributed by atoms with Gasteiger partial charge in [0.15, 0.2) is 0 Å². The maximum Gasteiger partial charge on any atom is 0.321 e. The van der Waals surface area contributed by atoms with E-state index < -0.39 is 11.9 Å². The number of anilines is 1. The van der Waals surface area contributed by atoms with Gasteiger partial charge in [0.2, 0.25) is 5.91 Å². The van der Waals surface area contributed by atoms with E-state index in [4.69, 9.17) is 9.15 Å². The fourth-order valence-electron chi connectivity index (χ4n) is 3.70. The molecule has 3 N–H and O–H groups in total. The Labute approximate surface area is 162 Å². The smallest absolute Gasteiger partial charge is 0.321 e. The standard InChI is InChI=1S/C21H23N3O4/c1-27-19-10-15-14-8-4-5-9-17(14)28-18(15)11-16(19)22-12-20(25)24-21(26)23-13-6-2-3-7-13/h4-5,8-11,13,22H,2-3,6-7,12H2,1H3,(H2,23,24,25,26). The average molecular weight is 381 g/mol. The number of methoxy groups -OCH3 is 1. The Morgan fingerprint density at radius 2 is 1.89 bits per heavy atom. The predicted octanol–water partition coefficient (Wildman–Crippen LogP) is 3.77. The molecule has 1 saturated carbocycles. The molecule has 1 fully saturated rings. The number of nitrogens with one attached hydrogen (secondary N) is 3. The van der Waals surface area contributed by atoms with Crippen LogP contribution in [0.25, 0.3) is 21.9 Å². The van der Waals surface area contributed by atoms with Gasteiger partial charge in [0.1, 0.15) is 16.9 Å². The molecule has 0 unspecified atom stereocenters. The Balaban J connectivity index is 1.44. The molecule has 0 spiro atoms. The van der Waals surface area contributed by atoms with E-state index in [2.05, 4.69) is 16.0 Å². The summed E-state index contributed by atoms with van der Waals surface area (Å²) in [5.41, 5.74) is 2.11. The Morgan fingerprint density at radius 3 is 2.68 bits per heavy atom. The van der Waals surface area contributed by atoms with E-state index in [-0.39, 0.29) is 12.6 Å². The van der Waals surface area contributed by atoms with Crippen molar-refractivity contribution in [2.75, 3.05) is 19.0 Å². The number of furan rings is 1. The molecule has 0 radical (unpaired) electrons. The van der Waals surface area contributed by atoms with Crippen molar-refractivity contribution < 1.29 is 18.7 Å². The first-order valence-corrected chi connectivity index (χ1v) is 9.47. The summed E-state index contributed by atoms with van der Waals surface area (Å²) in [6.45, 7) is -0.0554. The molecule has 0 atom stereocenters. The van der Waals surface area contributed by atoms with Gasteiger partial charge in [0.25, 0.3) is 0 Å². The highest BCUT2D eigenvalue weighted by Gasteiger charge is 2.18. The number of carbonyl (C=O) groups excluding carboxylic acids is 2. The van der Waals surface area contributed by atoms with Crippen LogP contribution >= 0.6 is 0 Å². The maximum atomic E-state index is 12.1. The fraction of sp³-hybridized carbons (Fsp3) is 0.333. The Bertz CT molecular complexity index is 1020. The number of ether oxygens (including phenoxy) is 1. The summed E-state index contributed by atoms with van der Waals surface area (Å²) in [6.07, 6.45) is 4.16. The van der Waals surface area contributed by atoms with E-state index in [0.29, 0.717) is 17.0 Å². The summed E-state index contributed by atoms with van der Waals surface area (Å²) >= 11 is 0. The van der Waals surface area contributed by atoms with Gasteiger partial charge in [-0.05, 0) is 25.0 Å². The summed E-state index contributed by atoms with van der Waals surface area (Å²) in [4.78, 5) is 24.0. The minimum Gasteiger partial charge on any atom is -0.495 e. The van der Waals surface area contributed by atoms with Gasteiger partial charge in [-0.25, -0.2) is 4.79 Å². The number of hydrogen-bond donors (Lipinski definition) is 3. The van der Waals surface area contributed by atoms with Crippen molar-refractivity contribution in [2.24, 2.45) is 0 Å². The van der Waals surface area contributed by atoms with E-state index in [1.807, 2.05) is 30.3 Å². The largest absolute Gasteiger partial charge is 0.495 e. The van der Waals surface area contributed by atoms with Crippen molar-refractivity contribution >= 4 is 39.6 Å². The van der Waals surface area contributed by atoms with Crippen LogP contribution in [0.5, 0.6) is 5.75 Å². The fourth-order valence-corrected chi connectivity index (χ4v) is 3.70. The minimum atomic E-state index is -0.446. The van der Waals surface area contributed by atoms with Gasteiger partial charge in [-0.15, -0.1) is 0 Å². The number of rotatable bonds is 5. The molecule has 1 aromatic heterocycles. The molecule has 7 heteroatoms. The van der Waals surface area contributed by atoms with Gasteiger partial charge in [0.05, 0.1) is 19.3 Å². The second kappa shape index (κ2) is 7.80. The van der Waals surface area contributed by atoms with Gasteiger partial charge in [-0.2, -0.15) is 0 Å². The third-order valence-corrected chi connectivity index (χ3v) is 5.08. The third-order valence-electron chi connectivity index (χ3n) is 5.08. The quantitative estimate of drug-likeness (QED) is 0.626. The number of amides is 3. The highest BCUT2D eigenvalue weighted by Crippen LogP contribution is 2.36. The number of para-hydroxylation sites is 1. The van der Waals surface area contributed by atoms with Crippen molar-refractivity contribution in [1.29, 1.82) is 0 Å². The topological polar surface area (TPSA) is 92.6 Å². The highest BCUT2D eigenvalue weighted by molar-refractivity contribution is 6.06. The van der Waals surface area contributed by atoms with Crippen LogP contribution in [0.1, 0.15) is 25.7 Å². The zero-order valence-corrected chi connectivity index (χ0v) is 15.7. The van der Waals surface area contributed by atoms with Gasteiger partial charge in [0, 0.05) is 22.9 Å². The molecule has 0 bridgehead atoms. The van der Waals surface area contributed by atoms with Crippen LogP contribution in [0.2, 0.25) is 0 Å². The van der Waals surface area contributed by atoms with Crippen LogP contribution in [-0.4, -0.2) is 31.6 Å². The first-order valence-electron chi connectivity index (χ1n) is 9.47. The minimum absolute atomic E-state index is 0.0554. The van der Waals surface area contributed by atoms with E-state index in [9.17, 15) is 9.59 Å². The predicted molar refractivity (Wildman–Crippen MR) is 108 cm³/mol. The van der Waals surface area contributed by atoms with E-state index in [0.717, 1.165) is 42.0 Å². The van der Waals surface area contributed by atoms with Crippen molar-refractivity contribution in [1.82, 2.24) is 10.6 Å². The lowest BCUT2D eigenvalue weighted by molar-refractivity contribution is -0.118. The lowest BCUT2D eigenvalue weighted by atomic mass is 10.1. The summed E-state index contributed by atoms with van der Waals surface area (Å²) in [7, 11) is 1.57. The van der Waals surface area contributed by atoms with E-state index in [1.165, 1.54) is 0 Å². The van der Waals surface area contributed by atoms with Crippen molar-refractivity contribution in [2.45, 2.75) is 31.7 Å². The Kier molecular flexibility index (Phi) is 5.06. The summed E-state index contributed by atoms with van der Waals surface area (Å²) in [5, 5.41) is 10.2. The lowest BCUT2D eigenvalue weighted by Gasteiger charge is -2.13. The van der Waals surface area contributed by atoms with E-state index >= 15 is 0 Å². The second-order valence-electron chi connectivity index (χ2n) is 7.00. The molecule has 1 aliphatic carbocycles. The summed E-state index contributed by atoms with van der Waals surface area (Å²) in [6, 6.07) is 11.2. The molecule has 0 aliphatic heterocycles. The molecular weight excluding hydrogens is 358 g/mol. The van der Waals surface area contributed by atoms with Gasteiger partial charge < -0.3 is 19.8 Å². The first kappa shape index (κ1) is 18.2. The molecule has 7 nitrogen and oxygen atoms in total. The maximum absolute atomic E-state index is 12.1. The highest BCUT2D eigenvalue weighted by atomic mass is 16.5. The normalized spacial score (nSPS) is 14.3. The van der Waals surface area contributed by atoms with Crippen molar-refractivity contribution in [3.63, 3.8) is 0 Å². The van der Waals surface area contributed by atoms with Crippen LogP contribution < -0.4 is 20.7 Å². The summed E-state index contributed by atoms with van der Waals surface area (Å²) in [5.74, 6) is 0.185. The van der Waals surface area contributed by atoms with Crippen LogP contribution in [0, 0.1) is 0 Å². The first-order chi connectivity index (χ1) is 13.6. The van der Waals surface area contributed by atoms with Gasteiger partial charge in [-0.3, -0.25) is 10.1 Å². The molecule has 1 aliphatic rings. The average Bonchev–Trinajstić information content (AvgIpc) is 3.32. The molecule has 4 rings (SSSR count). The SMILES string of the molecule is COc1cc2c(cc1NCC(=O)NC(=O)NC1CCCC1)oc1ccccc12.